The van der Waals surface area contributed by atoms with Crippen LogP contribution in [0.15, 0.2) is 77.9 Å². The van der Waals surface area contributed by atoms with E-state index in [2.05, 4.69) is 33.0 Å². The topological polar surface area (TPSA) is 88.3 Å². The molecule has 0 aliphatic carbocycles. The van der Waals surface area contributed by atoms with Crippen LogP contribution >= 0.6 is 0 Å². The van der Waals surface area contributed by atoms with Crippen molar-refractivity contribution in [2.45, 2.75) is 18.9 Å². The highest BCUT2D eigenvalue weighted by molar-refractivity contribution is 5.84. The second kappa shape index (κ2) is 10.2. The van der Waals surface area contributed by atoms with E-state index in [9.17, 15) is 9.90 Å². The van der Waals surface area contributed by atoms with Gasteiger partial charge in [-0.1, -0.05) is 6.07 Å². The molecular weight excluding hydrogens is 438 g/mol. The molecule has 2 aromatic carbocycles. The van der Waals surface area contributed by atoms with Gasteiger partial charge in [0, 0.05) is 72.5 Å². The molecule has 178 valence electrons. The maximum atomic E-state index is 12.0. The Labute approximate surface area is 204 Å². The van der Waals surface area contributed by atoms with Crippen molar-refractivity contribution in [3.05, 3.63) is 94.5 Å². The molecular formula is C28H29N5O2. The molecule has 3 heterocycles. The van der Waals surface area contributed by atoms with E-state index in [4.69, 9.17) is 5.26 Å². The lowest BCUT2D eigenvalue weighted by Gasteiger charge is -2.36. The van der Waals surface area contributed by atoms with E-state index in [1.165, 1.54) is 5.69 Å². The number of H-pyrrole nitrogens is 1. The van der Waals surface area contributed by atoms with Gasteiger partial charge in [0.15, 0.2) is 0 Å². The predicted octanol–water partition coefficient (Wildman–Crippen LogP) is 3.83. The average molecular weight is 468 g/mol. The molecule has 4 aromatic rings. The van der Waals surface area contributed by atoms with E-state index in [1.54, 1.807) is 29.0 Å². The lowest BCUT2D eigenvalue weighted by Crippen LogP contribution is -2.46. The molecule has 1 aliphatic rings. The second-order valence-electron chi connectivity index (χ2n) is 9.03. The molecule has 0 bridgehead atoms. The summed E-state index contributed by atoms with van der Waals surface area (Å²) in [6.45, 7) is 4.81. The fourth-order valence-electron chi connectivity index (χ4n) is 4.85. The maximum Gasteiger partial charge on any atom is 0.255 e. The van der Waals surface area contributed by atoms with Gasteiger partial charge in [0.2, 0.25) is 0 Å². The molecule has 1 unspecified atom stereocenters. The van der Waals surface area contributed by atoms with Crippen molar-refractivity contribution >= 4 is 16.6 Å². The normalized spacial score (nSPS) is 15.3. The van der Waals surface area contributed by atoms with E-state index in [0.29, 0.717) is 12.0 Å². The first-order valence-corrected chi connectivity index (χ1v) is 12.1. The molecule has 1 saturated heterocycles. The minimum absolute atomic E-state index is 0.0319. The smallest absolute Gasteiger partial charge is 0.255 e. The number of aromatic nitrogens is 2. The summed E-state index contributed by atoms with van der Waals surface area (Å²) < 4.78 is 1.65. The lowest BCUT2D eigenvalue weighted by atomic mass is 10.0. The monoisotopic (exact) mass is 467 g/mol. The number of aromatic amines is 1. The van der Waals surface area contributed by atoms with Crippen molar-refractivity contribution in [2.24, 2.45) is 0 Å². The van der Waals surface area contributed by atoms with Gasteiger partial charge < -0.3 is 15.0 Å². The summed E-state index contributed by atoms with van der Waals surface area (Å²) in [5.74, 6) is 0. The Hall–Kier alpha value is -3.86. The van der Waals surface area contributed by atoms with Crippen molar-refractivity contribution in [1.29, 1.82) is 5.26 Å². The Kier molecular flexibility index (Phi) is 6.66. The molecule has 0 saturated carbocycles. The number of pyridine rings is 1. The first-order chi connectivity index (χ1) is 17.1. The Morgan fingerprint density at radius 1 is 1.00 bits per heavy atom. The molecule has 2 N–H and O–H groups in total. The molecule has 1 fully saturated rings. The summed E-state index contributed by atoms with van der Waals surface area (Å²) in [5.41, 5.74) is 4.42. The minimum atomic E-state index is -0.547. The number of aliphatic hydroxyl groups is 1. The highest BCUT2D eigenvalue weighted by Crippen LogP contribution is 2.28. The van der Waals surface area contributed by atoms with E-state index in [-0.39, 0.29) is 5.56 Å². The summed E-state index contributed by atoms with van der Waals surface area (Å²) in [5, 5.41) is 20.9. The number of fused-ring (bicyclic) bond motifs is 1. The first-order valence-electron chi connectivity index (χ1n) is 12.1. The van der Waals surface area contributed by atoms with Crippen LogP contribution in [0.25, 0.3) is 16.6 Å². The maximum absolute atomic E-state index is 12.0. The number of nitrogens with one attached hydrogen (secondary N) is 1. The zero-order valence-corrected chi connectivity index (χ0v) is 19.6. The fraction of sp³-hybridized carbons (Fsp3) is 0.286. The van der Waals surface area contributed by atoms with Crippen molar-refractivity contribution in [1.82, 2.24) is 14.5 Å². The van der Waals surface area contributed by atoms with Crippen LogP contribution in [-0.2, 0) is 0 Å². The number of hydrogen-bond acceptors (Lipinski definition) is 5. The molecule has 0 amide bonds. The summed E-state index contributed by atoms with van der Waals surface area (Å²) in [4.78, 5) is 20.1. The van der Waals surface area contributed by atoms with Crippen LogP contribution in [0.4, 0.5) is 5.69 Å². The summed E-state index contributed by atoms with van der Waals surface area (Å²) in [7, 11) is 0. The van der Waals surface area contributed by atoms with Crippen molar-refractivity contribution in [3.63, 3.8) is 0 Å². The molecule has 35 heavy (non-hydrogen) atoms. The van der Waals surface area contributed by atoms with Gasteiger partial charge in [0.1, 0.15) is 0 Å². The number of benzene rings is 2. The average Bonchev–Trinajstić information content (AvgIpc) is 3.33. The standard InChI is InChI=1S/C28H29N5O2/c29-19-21-6-11-26-24(18-21)25(20-30-26)27(34)4-3-12-31-14-16-32(17-15-31)22-7-9-23(10-8-22)33-13-2-1-5-28(33)35/h1-2,5-11,13,18,20,27,30,34H,3-4,12,14-17H2. The first kappa shape index (κ1) is 22.9. The van der Waals surface area contributed by atoms with E-state index in [1.807, 2.05) is 36.5 Å². The minimum Gasteiger partial charge on any atom is -0.388 e. The van der Waals surface area contributed by atoms with Gasteiger partial charge in [-0.2, -0.15) is 5.26 Å². The molecule has 5 rings (SSSR count). The molecule has 7 nitrogen and oxygen atoms in total. The van der Waals surface area contributed by atoms with Crippen LogP contribution in [0, 0.1) is 11.3 Å². The predicted molar refractivity (Wildman–Crippen MR) is 138 cm³/mol. The number of piperazine rings is 1. The molecule has 1 atom stereocenters. The Balaban J connectivity index is 1.11. The molecule has 1 aliphatic heterocycles. The molecule has 0 radical (unpaired) electrons. The number of hydrogen-bond donors (Lipinski definition) is 2. The number of aliphatic hydroxyl groups excluding tert-OH is 1. The number of rotatable bonds is 7. The van der Waals surface area contributed by atoms with Crippen molar-refractivity contribution in [2.75, 3.05) is 37.6 Å². The number of nitriles is 1. The van der Waals surface area contributed by atoms with Gasteiger partial charge in [-0.05, 0) is 67.9 Å². The Morgan fingerprint density at radius 3 is 2.51 bits per heavy atom. The van der Waals surface area contributed by atoms with Crippen molar-refractivity contribution in [3.8, 4) is 11.8 Å². The van der Waals surface area contributed by atoms with Crippen LogP contribution in [-0.4, -0.2) is 52.3 Å². The molecule has 2 aromatic heterocycles. The van der Waals surface area contributed by atoms with E-state index < -0.39 is 6.10 Å². The third-order valence-electron chi connectivity index (χ3n) is 6.84. The molecule has 0 spiro atoms. The van der Waals surface area contributed by atoms with Crippen molar-refractivity contribution < 1.29 is 5.11 Å². The van der Waals surface area contributed by atoms with Gasteiger partial charge in [-0.25, -0.2) is 0 Å². The summed E-state index contributed by atoms with van der Waals surface area (Å²) in [6, 6.07) is 21.0. The number of nitrogens with zero attached hydrogens (tertiary/aromatic N) is 4. The van der Waals surface area contributed by atoms with Crippen LogP contribution in [0.5, 0.6) is 0 Å². The zero-order valence-electron chi connectivity index (χ0n) is 19.6. The highest BCUT2D eigenvalue weighted by Gasteiger charge is 2.18. The summed E-state index contributed by atoms with van der Waals surface area (Å²) in [6.07, 6.45) is 4.69. The number of anilines is 1. The van der Waals surface area contributed by atoms with Gasteiger partial charge in [0.05, 0.1) is 17.7 Å². The van der Waals surface area contributed by atoms with Gasteiger partial charge >= 0.3 is 0 Å². The third-order valence-corrected chi connectivity index (χ3v) is 6.84. The lowest BCUT2D eigenvalue weighted by molar-refractivity contribution is 0.155. The van der Waals surface area contributed by atoms with Gasteiger partial charge in [-0.15, -0.1) is 0 Å². The largest absolute Gasteiger partial charge is 0.388 e. The second-order valence-corrected chi connectivity index (χ2v) is 9.03. The van der Waals surface area contributed by atoms with Gasteiger partial charge in [0.25, 0.3) is 5.56 Å². The fourth-order valence-corrected chi connectivity index (χ4v) is 4.85. The van der Waals surface area contributed by atoms with Crippen LogP contribution < -0.4 is 10.5 Å². The summed E-state index contributed by atoms with van der Waals surface area (Å²) >= 11 is 0. The van der Waals surface area contributed by atoms with Gasteiger partial charge in [-0.3, -0.25) is 14.3 Å². The Bertz CT molecular complexity index is 1390. The zero-order chi connectivity index (χ0) is 24.2. The third kappa shape index (κ3) is 4.99. The van der Waals surface area contributed by atoms with Crippen LogP contribution in [0.2, 0.25) is 0 Å². The quantitative estimate of drug-likeness (QED) is 0.431. The van der Waals surface area contributed by atoms with Crippen LogP contribution in [0.3, 0.4) is 0 Å². The highest BCUT2D eigenvalue weighted by atomic mass is 16.3. The van der Waals surface area contributed by atoms with E-state index in [0.717, 1.165) is 61.3 Å². The van der Waals surface area contributed by atoms with E-state index >= 15 is 0 Å². The van der Waals surface area contributed by atoms with Crippen LogP contribution in [0.1, 0.15) is 30.1 Å². The SMILES string of the molecule is N#Cc1ccc2[nH]cc(C(O)CCCN3CCN(c4ccc(-n5ccccc5=O)cc4)CC3)c2c1. The molecule has 7 heteroatoms. The Morgan fingerprint density at radius 2 is 1.77 bits per heavy atom.